The van der Waals surface area contributed by atoms with E-state index in [-0.39, 0.29) is 5.91 Å². The number of nitrogens with two attached hydrogens (primary N) is 1. The lowest BCUT2D eigenvalue weighted by atomic mass is 10.2. The fraction of sp³-hybridized carbons (Fsp3) is 0.182. The van der Waals surface area contributed by atoms with E-state index < -0.39 is 0 Å². The van der Waals surface area contributed by atoms with Gasteiger partial charge in [0.25, 0.3) is 5.91 Å². The molecule has 0 bridgehead atoms. The number of carbonyl (C=O) groups excluding carboxylic acids is 1. The highest BCUT2D eigenvalue weighted by atomic mass is 32.1. The Kier molecular flexibility index (Phi) is 3.85. The standard InChI is InChI=1S/C11H13N5OS/c1-7-15-8(6-18-7)5-14-11(17)9-3-2-4-13-10(9)16-12/h2-4,6H,5,12H2,1H3,(H,13,16)(H,14,17). The number of carbonyl (C=O) groups is 1. The molecule has 0 aromatic carbocycles. The number of anilines is 1. The predicted molar refractivity (Wildman–Crippen MR) is 70.1 cm³/mol. The minimum absolute atomic E-state index is 0.235. The summed E-state index contributed by atoms with van der Waals surface area (Å²) >= 11 is 1.55. The largest absolute Gasteiger partial charge is 0.346 e. The van der Waals surface area contributed by atoms with Crippen molar-refractivity contribution in [3.8, 4) is 0 Å². The summed E-state index contributed by atoms with van der Waals surface area (Å²) in [7, 11) is 0. The zero-order valence-corrected chi connectivity index (χ0v) is 10.6. The van der Waals surface area contributed by atoms with Gasteiger partial charge in [-0.05, 0) is 19.1 Å². The van der Waals surface area contributed by atoms with Crippen LogP contribution in [0.25, 0.3) is 0 Å². The van der Waals surface area contributed by atoms with Crippen LogP contribution >= 0.6 is 11.3 Å². The maximum atomic E-state index is 11.9. The number of aromatic nitrogens is 2. The molecular weight excluding hydrogens is 250 g/mol. The van der Waals surface area contributed by atoms with E-state index in [1.165, 1.54) is 0 Å². The molecule has 0 aliphatic rings. The van der Waals surface area contributed by atoms with Gasteiger partial charge in [0.2, 0.25) is 0 Å². The smallest absolute Gasteiger partial charge is 0.255 e. The van der Waals surface area contributed by atoms with E-state index in [2.05, 4.69) is 20.7 Å². The van der Waals surface area contributed by atoms with E-state index >= 15 is 0 Å². The third-order valence-electron chi connectivity index (χ3n) is 2.29. The second-order valence-electron chi connectivity index (χ2n) is 3.58. The van der Waals surface area contributed by atoms with Crippen LogP contribution in [0.3, 0.4) is 0 Å². The number of nitrogen functional groups attached to an aromatic ring is 1. The molecule has 2 heterocycles. The highest BCUT2D eigenvalue weighted by Crippen LogP contribution is 2.11. The van der Waals surface area contributed by atoms with Gasteiger partial charge in [-0.2, -0.15) is 0 Å². The molecule has 4 N–H and O–H groups in total. The van der Waals surface area contributed by atoms with Gasteiger partial charge < -0.3 is 10.7 Å². The van der Waals surface area contributed by atoms with Gasteiger partial charge in [0.05, 0.1) is 22.8 Å². The first-order valence-corrected chi connectivity index (χ1v) is 6.19. The first kappa shape index (κ1) is 12.5. The molecule has 0 fully saturated rings. The maximum Gasteiger partial charge on any atom is 0.255 e. The third-order valence-corrected chi connectivity index (χ3v) is 3.11. The molecule has 18 heavy (non-hydrogen) atoms. The van der Waals surface area contributed by atoms with Gasteiger partial charge in [-0.25, -0.2) is 15.8 Å². The number of thiazole rings is 1. The Morgan fingerprint density at radius 1 is 1.56 bits per heavy atom. The zero-order valence-electron chi connectivity index (χ0n) is 9.80. The molecule has 0 radical (unpaired) electrons. The van der Waals surface area contributed by atoms with Gasteiger partial charge in [0.15, 0.2) is 5.82 Å². The Morgan fingerprint density at radius 2 is 2.39 bits per heavy atom. The molecule has 0 atom stereocenters. The SMILES string of the molecule is Cc1nc(CNC(=O)c2cccnc2NN)cs1. The summed E-state index contributed by atoms with van der Waals surface area (Å²) in [5, 5.41) is 5.67. The molecule has 2 aromatic rings. The molecule has 6 nitrogen and oxygen atoms in total. The highest BCUT2D eigenvalue weighted by Gasteiger charge is 2.11. The fourth-order valence-electron chi connectivity index (χ4n) is 1.46. The van der Waals surface area contributed by atoms with E-state index in [0.29, 0.717) is 17.9 Å². The van der Waals surface area contributed by atoms with E-state index in [4.69, 9.17) is 5.84 Å². The van der Waals surface area contributed by atoms with Gasteiger partial charge in [0, 0.05) is 11.6 Å². The van der Waals surface area contributed by atoms with Crippen LogP contribution in [-0.2, 0) is 6.54 Å². The van der Waals surface area contributed by atoms with Crippen molar-refractivity contribution in [1.29, 1.82) is 0 Å². The van der Waals surface area contributed by atoms with Gasteiger partial charge in [-0.15, -0.1) is 11.3 Å². The van der Waals surface area contributed by atoms with Crippen molar-refractivity contribution >= 4 is 23.1 Å². The number of hydrogen-bond donors (Lipinski definition) is 3. The van der Waals surface area contributed by atoms with Crippen molar-refractivity contribution in [2.24, 2.45) is 5.84 Å². The van der Waals surface area contributed by atoms with E-state index in [1.54, 1.807) is 29.7 Å². The van der Waals surface area contributed by atoms with Crippen LogP contribution in [0.2, 0.25) is 0 Å². The Labute approximate surface area is 108 Å². The number of pyridine rings is 1. The summed E-state index contributed by atoms with van der Waals surface area (Å²) in [6.45, 7) is 2.32. The van der Waals surface area contributed by atoms with Crippen molar-refractivity contribution in [2.45, 2.75) is 13.5 Å². The lowest BCUT2D eigenvalue weighted by molar-refractivity contribution is 0.0951. The van der Waals surface area contributed by atoms with Gasteiger partial charge in [-0.3, -0.25) is 4.79 Å². The topological polar surface area (TPSA) is 92.9 Å². The molecule has 1 amide bonds. The lowest BCUT2D eigenvalue weighted by Gasteiger charge is -2.07. The quantitative estimate of drug-likeness (QED) is 0.566. The first-order chi connectivity index (χ1) is 8.70. The maximum absolute atomic E-state index is 11.9. The van der Waals surface area contributed by atoms with Gasteiger partial charge in [0.1, 0.15) is 0 Å². The Balaban J connectivity index is 2.03. The molecule has 2 aromatic heterocycles. The van der Waals surface area contributed by atoms with Crippen LogP contribution in [0.1, 0.15) is 21.1 Å². The molecule has 7 heteroatoms. The molecule has 0 saturated carbocycles. The lowest BCUT2D eigenvalue weighted by Crippen LogP contribution is -2.25. The molecule has 0 unspecified atom stereocenters. The van der Waals surface area contributed by atoms with Gasteiger partial charge in [-0.1, -0.05) is 0 Å². The predicted octanol–water partition coefficient (Wildman–Crippen LogP) is 1.06. The molecule has 0 saturated heterocycles. The van der Waals surface area contributed by atoms with Gasteiger partial charge >= 0.3 is 0 Å². The minimum Gasteiger partial charge on any atom is -0.346 e. The van der Waals surface area contributed by atoms with Crippen LogP contribution in [-0.4, -0.2) is 15.9 Å². The third kappa shape index (κ3) is 2.82. The molecular formula is C11H13N5OS. The van der Waals surface area contributed by atoms with Crippen LogP contribution in [0.4, 0.5) is 5.82 Å². The Bertz CT molecular complexity index is 554. The number of nitrogens with one attached hydrogen (secondary N) is 2. The zero-order chi connectivity index (χ0) is 13.0. The summed E-state index contributed by atoms with van der Waals surface area (Å²) < 4.78 is 0. The number of aryl methyl sites for hydroxylation is 1. The molecule has 0 aliphatic carbocycles. The van der Waals surface area contributed by atoms with Crippen LogP contribution in [0, 0.1) is 6.92 Å². The Hall–Kier alpha value is -1.99. The monoisotopic (exact) mass is 263 g/mol. The van der Waals surface area contributed by atoms with Crippen molar-refractivity contribution < 1.29 is 4.79 Å². The normalized spacial score (nSPS) is 10.1. The Morgan fingerprint density at radius 3 is 3.06 bits per heavy atom. The van der Waals surface area contributed by atoms with Crippen LogP contribution in [0.5, 0.6) is 0 Å². The van der Waals surface area contributed by atoms with Crippen molar-refractivity contribution in [3.05, 3.63) is 40.0 Å². The highest BCUT2D eigenvalue weighted by molar-refractivity contribution is 7.09. The number of hydrazine groups is 1. The number of amides is 1. The number of rotatable bonds is 4. The molecule has 94 valence electrons. The second kappa shape index (κ2) is 5.56. The summed E-state index contributed by atoms with van der Waals surface area (Å²) in [4.78, 5) is 20.2. The number of hydrogen-bond acceptors (Lipinski definition) is 6. The van der Waals surface area contributed by atoms with Crippen molar-refractivity contribution in [2.75, 3.05) is 5.43 Å². The summed E-state index contributed by atoms with van der Waals surface area (Å²) in [5.41, 5.74) is 3.65. The minimum atomic E-state index is -0.235. The number of nitrogens with zero attached hydrogens (tertiary/aromatic N) is 2. The van der Waals surface area contributed by atoms with Crippen molar-refractivity contribution in [1.82, 2.24) is 15.3 Å². The van der Waals surface area contributed by atoms with E-state index in [0.717, 1.165) is 10.7 Å². The van der Waals surface area contributed by atoms with E-state index in [9.17, 15) is 4.79 Å². The van der Waals surface area contributed by atoms with Crippen LogP contribution < -0.4 is 16.6 Å². The van der Waals surface area contributed by atoms with Crippen molar-refractivity contribution in [3.63, 3.8) is 0 Å². The summed E-state index contributed by atoms with van der Waals surface area (Å²) in [6.07, 6.45) is 1.57. The van der Waals surface area contributed by atoms with Crippen LogP contribution in [0.15, 0.2) is 23.7 Å². The first-order valence-electron chi connectivity index (χ1n) is 5.31. The average molecular weight is 263 g/mol. The average Bonchev–Trinajstić information content (AvgIpc) is 2.81. The molecule has 2 rings (SSSR count). The molecule has 0 spiro atoms. The molecule has 0 aliphatic heterocycles. The second-order valence-corrected chi connectivity index (χ2v) is 4.65. The summed E-state index contributed by atoms with van der Waals surface area (Å²) in [6, 6.07) is 3.34. The van der Waals surface area contributed by atoms with E-state index in [1.807, 2.05) is 12.3 Å². The fourth-order valence-corrected chi connectivity index (χ4v) is 2.07. The summed E-state index contributed by atoms with van der Waals surface area (Å²) in [5.74, 6) is 5.41.